The van der Waals surface area contributed by atoms with E-state index in [1.165, 1.54) is 33.4 Å². The van der Waals surface area contributed by atoms with Crippen LogP contribution in [0.2, 0.25) is 0 Å². The summed E-state index contributed by atoms with van der Waals surface area (Å²) in [6.07, 6.45) is 0.538. The van der Waals surface area contributed by atoms with Crippen molar-refractivity contribution >= 4 is 18.5 Å². The summed E-state index contributed by atoms with van der Waals surface area (Å²) in [5.74, 6) is 0. The second kappa shape index (κ2) is 5.83. The molecule has 0 radical (unpaired) electrons. The van der Waals surface area contributed by atoms with Crippen molar-refractivity contribution in [2.24, 2.45) is 0 Å². The highest BCUT2D eigenvalue weighted by molar-refractivity contribution is 5.85. The number of carbonyl (C=O) groups is 1. The molecule has 0 aliphatic carbocycles. The Morgan fingerprint density at radius 1 is 0.947 bits per heavy atom. The molecule has 2 rings (SSSR count). The van der Waals surface area contributed by atoms with Crippen LogP contribution in [0.15, 0.2) is 0 Å². The Bertz CT molecular complexity index is 482. The Morgan fingerprint density at radius 2 is 1.42 bits per heavy atom. The lowest BCUT2D eigenvalue weighted by atomic mass is 9.85. The van der Waals surface area contributed by atoms with Crippen molar-refractivity contribution < 1.29 is 9.53 Å². The average molecular weight is 284 g/mol. The molecule has 1 saturated heterocycles. The first-order valence-electron chi connectivity index (χ1n) is 6.43. The Kier molecular flexibility index (Phi) is 4.86. The maximum atomic E-state index is 11.4. The van der Waals surface area contributed by atoms with Crippen molar-refractivity contribution in [2.45, 2.75) is 47.1 Å². The van der Waals surface area contributed by atoms with E-state index >= 15 is 0 Å². The molecule has 1 fully saturated rings. The van der Waals surface area contributed by atoms with E-state index in [4.69, 9.17) is 4.74 Å². The predicted octanol–water partition coefficient (Wildman–Crippen LogP) is 3.82. The zero-order valence-electron chi connectivity index (χ0n) is 12.2. The summed E-state index contributed by atoms with van der Waals surface area (Å²) in [6.45, 7) is 11.3. The van der Waals surface area contributed by atoms with E-state index < -0.39 is 0 Å². The second-order valence-electron chi connectivity index (χ2n) is 5.16. The van der Waals surface area contributed by atoms with Gasteiger partial charge in [0.2, 0.25) is 0 Å². The summed E-state index contributed by atoms with van der Waals surface area (Å²) in [4.78, 5) is 11.4. The third-order valence-electron chi connectivity index (χ3n) is 4.34. The van der Waals surface area contributed by atoms with Crippen molar-refractivity contribution in [2.75, 3.05) is 6.61 Å². The number of halogens is 1. The van der Waals surface area contributed by atoms with Gasteiger partial charge in [0.1, 0.15) is 0 Å². The Morgan fingerprint density at radius 3 is 1.89 bits per heavy atom. The molecule has 0 unspecified atom stereocenters. The van der Waals surface area contributed by atoms with Crippen LogP contribution in [-0.4, -0.2) is 12.7 Å². The Balaban J connectivity index is 0.00000180. The van der Waals surface area contributed by atoms with Crippen LogP contribution in [0.4, 0.5) is 4.79 Å². The van der Waals surface area contributed by atoms with Crippen LogP contribution in [0.1, 0.15) is 45.8 Å². The molecule has 0 saturated carbocycles. The number of benzene rings is 1. The number of alkyl carbamates (subject to hydrolysis) is 1. The van der Waals surface area contributed by atoms with Gasteiger partial charge in [-0.3, -0.25) is 0 Å². The van der Waals surface area contributed by atoms with Crippen LogP contribution < -0.4 is 5.32 Å². The van der Waals surface area contributed by atoms with Crippen LogP contribution in [0, 0.1) is 34.6 Å². The summed E-state index contributed by atoms with van der Waals surface area (Å²) in [5.41, 5.74) is 7.87. The molecule has 1 aliphatic heterocycles. The molecule has 1 heterocycles. The fraction of sp³-hybridized carbons (Fsp3) is 0.533. The van der Waals surface area contributed by atoms with Crippen molar-refractivity contribution in [1.29, 1.82) is 0 Å². The molecule has 1 aromatic carbocycles. The van der Waals surface area contributed by atoms with Crippen LogP contribution in [0.25, 0.3) is 0 Å². The zero-order valence-corrected chi connectivity index (χ0v) is 13.0. The van der Waals surface area contributed by atoms with Crippen molar-refractivity contribution in [3.05, 3.63) is 33.4 Å². The second-order valence-corrected chi connectivity index (χ2v) is 5.16. The van der Waals surface area contributed by atoms with Crippen molar-refractivity contribution in [1.82, 2.24) is 5.32 Å². The van der Waals surface area contributed by atoms with Gasteiger partial charge in [-0.1, -0.05) is 0 Å². The third-order valence-corrected chi connectivity index (χ3v) is 4.34. The van der Waals surface area contributed by atoms with E-state index in [-0.39, 0.29) is 24.5 Å². The largest absolute Gasteiger partial charge is 0.449 e. The SMILES string of the molecule is Cc1c(C)c(C)c([C@H]2CCOC(=O)N2)c(C)c1C.Cl. The van der Waals surface area contributed by atoms with Gasteiger partial charge in [0, 0.05) is 6.42 Å². The monoisotopic (exact) mass is 283 g/mol. The highest BCUT2D eigenvalue weighted by Crippen LogP contribution is 2.32. The highest BCUT2D eigenvalue weighted by Gasteiger charge is 2.25. The number of nitrogens with one attached hydrogen (secondary N) is 1. The summed E-state index contributed by atoms with van der Waals surface area (Å²) >= 11 is 0. The topological polar surface area (TPSA) is 38.3 Å². The fourth-order valence-electron chi connectivity index (χ4n) is 2.79. The number of hydrogen-bond acceptors (Lipinski definition) is 2. The first-order chi connectivity index (χ1) is 8.43. The molecule has 1 atom stereocenters. The van der Waals surface area contributed by atoms with Crippen LogP contribution >= 0.6 is 12.4 Å². The van der Waals surface area contributed by atoms with Gasteiger partial charge >= 0.3 is 6.09 Å². The van der Waals surface area contributed by atoms with Gasteiger partial charge in [0.15, 0.2) is 0 Å². The lowest BCUT2D eigenvalue weighted by Gasteiger charge is -2.29. The maximum absolute atomic E-state index is 11.4. The van der Waals surface area contributed by atoms with Crippen molar-refractivity contribution in [3.63, 3.8) is 0 Å². The third kappa shape index (κ3) is 2.71. The minimum atomic E-state index is -0.305. The number of cyclic esters (lactones) is 1. The summed E-state index contributed by atoms with van der Waals surface area (Å²) in [5, 5.41) is 2.93. The van der Waals surface area contributed by atoms with Gasteiger partial charge in [-0.25, -0.2) is 4.79 Å². The van der Waals surface area contributed by atoms with Crippen molar-refractivity contribution in [3.8, 4) is 0 Å². The molecule has 0 spiro atoms. The van der Waals surface area contributed by atoms with Gasteiger partial charge in [-0.2, -0.15) is 0 Å². The average Bonchev–Trinajstić information content (AvgIpc) is 2.34. The normalized spacial score (nSPS) is 18.4. The zero-order chi connectivity index (χ0) is 13.4. The quantitative estimate of drug-likeness (QED) is 0.851. The van der Waals surface area contributed by atoms with E-state index in [0.29, 0.717) is 6.61 Å². The van der Waals surface area contributed by atoms with E-state index in [2.05, 4.69) is 39.9 Å². The molecule has 0 aromatic heterocycles. The molecule has 1 amide bonds. The molecule has 4 heteroatoms. The lowest BCUT2D eigenvalue weighted by Crippen LogP contribution is -2.36. The molecule has 19 heavy (non-hydrogen) atoms. The summed E-state index contributed by atoms with van der Waals surface area (Å²) in [6, 6.07) is 0.0873. The van der Waals surface area contributed by atoms with Gasteiger partial charge in [0.05, 0.1) is 12.6 Å². The smallest absolute Gasteiger partial charge is 0.407 e. The molecule has 1 aromatic rings. The molecule has 106 valence electrons. The molecular formula is C15H22ClNO2. The number of rotatable bonds is 1. The first kappa shape index (κ1) is 15.8. The fourth-order valence-corrected chi connectivity index (χ4v) is 2.79. The molecule has 1 N–H and O–H groups in total. The first-order valence-corrected chi connectivity index (χ1v) is 6.43. The van der Waals surface area contributed by atoms with Crippen LogP contribution in [0.3, 0.4) is 0 Å². The number of amides is 1. The number of ether oxygens (including phenoxy) is 1. The lowest BCUT2D eigenvalue weighted by molar-refractivity contribution is 0.115. The minimum Gasteiger partial charge on any atom is -0.449 e. The van der Waals surface area contributed by atoms with Crippen LogP contribution in [0.5, 0.6) is 0 Å². The van der Waals surface area contributed by atoms with E-state index in [9.17, 15) is 4.79 Å². The molecule has 0 bridgehead atoms. The molecule has 3 nitrogen and oxygen atoms in total. The van der Waals surface area contributed by atoms with Gasteiger partial charge in [-0.15, -0.1) is 12.4 Å². The van der Waals surface area contributed by atoms with Gasteiger partial charge < -0.3 is 10.1 Å². The van der Waals surface area contributed by atoms with Gasteiger partial charge in [-0.05, 0) is 68.0 Å². The van der Waals surface area contributed by atoms with E-state index in [1.807, 2.05) is 0 Å². The number of carbonyl (C=O) groups excluding carboxylic acids is 1. The minimum absolute atomic E-state index is 0. The summed E-state index contributed by atoms with van der Waals surface area (Å²) in [7, 11) is 0. The van der Waals surface area contributed by atoms with Crippen LogP contribution in [-0.2, 0) is 4.74 Å². The Labute approximate surface area is 121 Å². The maximum Gasteiger partial charge on any atom is 0.407 e. The standard InChI is InChI=1S/C15H21NO2.ClH/c1-8-9(2)11(4)14(12(5)10(8)3)13-6-7-18-15(17)16-13;/h13H,6-7H2,1-5H3,(H,16,17);1H/t13-;/m1./s1. The summed E-state index contributed by atoms with van der Waals surface area (Å²) < 4.78 is 4.94. The van der Waals surface area contributed by atoms with E-state index in [0.717, 1.165) is 6.42 Å². The molecule has 1 aliphatic rings. The molecular weight excluding hydrogens is 262 g/mol. The predicted molar refractivity (Wildman–Crippen MR) is 79.2 cm³/mol. The van der Waals surface area contributed by atoms with E-state index in [1.54, 1.807) is 0 Å². The Hall–Kier alpha value is -1.22. The van der Waals surface area contributed by atoms with Gasteiger partial charge in [0.25, 0.3) is 0 Å². The number of hydrogen-bond donors (Lipinski definition) is 1. The highest BCUT2D eigenvalue weighted by atomic mass is 35.5.